The average molecular weight is 438 g/mol. The van der Waals surface area contributed by atoms with Crippen molar-refractivity contribution in [3.05, 3.63) is 59.7 Å². The monoisotopic (exact) mass is 437 g/mol. The van der Waals surface area contributed by atoms with Crippen LogP contribution in [0.4, 0.5) is 0 Å². The zero-order valence-electron chi connectivity index (χ0n) is 13.6. The molecule has 0 atom stereocenters. The van der Waals surface area contributed by atoms with Crippen LogP contribution >= 0.6 is 0 Å². The Balaban J connectivity index is 0. The van der Waals surface area contributed by atoms with E-state index in [0.29, 0.717) is 0 Å². The van der Waals surface area contributed by atoms with E-state index in [1.807, 2.05) is 13.8 Å². The zero-order valence-corrected chi connectivity index (χ0v) is 16.2. The fourth-order valence-electron chi connectivity index (χ4n) is 1.41. The van der Waals surface area contributed by atoms with Crippen LogP contribution < -0.4 is 0 Å². The van der Waals surface area contributed by atoms with Gasteiger partial charge in [0.1, 0.15) is 20.2 Å². The predicted octanol–water partition coefficient (Wildman–Crippen LogP) is 1.40. The Bertz CT molecular complexity index is 755. The maximum absolute atomic E-state index is 10.4. The van der Waals surface area contributed by atoms with Gasteiger partial charge in [-0.05, 0) is 38.1 Å². The molecule has 10 heteroatoms. The van der Waals surface area contributed by atoms with E-state index in [-0.39, 0.29) is 26.9 Å². The minimum atomic E-state index is -4.27. The van der Waals surface area contributed by atoms with Gasteiger partial charge in [0.25, 0.3) is 0 Å². The molecule has 0 aliphatic rings. The van der Waals surface area contributed by atoms with Gasteiger partial charge in [0, 0.05) is 7.11 Å². The third-order valence-electron chi connectivity index (χ3n) is 2.62. The molecule has 0 aliphatic carbocycles. The Morgan fingerprint density at radius 3 is 1.00 bits per heavy atom. The molecule has 0 bridgehead atoms. The summed E-state index contributed by atoms with van der Waals surface area (Å²) in [5.74, 6) is 0. The Morgan fingerprint density at radius 1 is 0.640 bits per heavy atom. The summed E-state index contributed by atoms with van der Waals surface area (Å²) in [6.45, 7) is 3.64. The van der Waals surface area contributed by atoms with E-state index in [2.05, 4.69) is 0 Å². The van der Waals surface area contributed by atoms with E-state index >= 15 is 0 Å². The molecule has 25 heavy (non-hydrogen) atoms. The van der Waals surface area contributed by atoms with Crippen LogP contribution in [0, 0.1) is 13.8 Å². The van der Waals surface area contributed by atoms with Crippen molar-refractivity contribution in [2.45, 2.75) is 23.6 Å². The van der Waals surface area contributed by atoms with Gasteiger partial charge in [-0.25, -0.2) is 16.8 Å². The summed E-state index contributed by atoms with van der Waals surface area (Å²) in [6.07, 6.45) is 0. The molecular formula is C15H18CuO7S2. The molecule has 0 spiro atoms. The Morgan fingerprint density at radius 2 is 0.840 bits per heavy atom. The first-order valence-corrected chi connectivity index (χ1v) is 9.31. The number of aliphatic hydroxyl groups excluding tert-OH is 1. The van der Waals surface area contributed by atoms with Gasteiger partial charge in [-0.3, -0.25) is 0 Å². The first-order valence-electron chi connectivity index (χ1n) is 6.50. The summed E-state index contributed by atoms with van der Waals surface area (Å²) in [4.78, 5) is -0.355. The molecule has 0 aromatic heterocycles. The summed E-state index contributed by atoms with van der Waals surface area (Å²) in [5, 5.41) is 7.00. The molecule has 2 rings (SSSR count). The first kappa shape index (κ1) is 26.0. The quantitative estimate of drug-likeness (QED) is 0.554. The third-order valence-corrected chi connectivity index (χ3v) is 4.32. The number of aryl methyl sites for hydroxylation is 2. The van der Waals surface area contributed by atoms with Crippen molar-refractivity contribution in [2.24, 2.45) is 0 Å². The van der Waals surface area contributed by atoms with Crippen LogP contribution in [0.2, 0.25) is 0 Å². The average Bonchev–Trinajstić information content (AvgIpc) is 2.49. The zero-order chi connectivity index (χ0) is 19.0. The molecule has 143 valence electrons. The summed E-state index contributed by atoms with van der Waals surface area (Å²) in [6, 6.07) is 11.6. The molecule has 1 radical (unpaired) electrons. The molecule has 0 amide bonds. The van der Waals surface area contributed by atoms with E-state index < -0.39 is 20.2 Å². The minimum absolute atomic E-state index is 0. The van der Waals surface area contributed by atoms with Crippen LogP contribution in [-0.4, -0.2) is 38.2 Å². The van der Waals surface area contributed by atoms with E-state index in [0.717, 1.165) is 18.2 Å². The fraction of sp³-hybridized carbons (Fsp3) is 0.200. The van der Waals surface area contributed by atoms with Crippen molar-refractivity contribution in [3.63, 3.8) is 0 Å². The van der Waals surface area contributed by atoms with Crippen molar-refractivity contribution in [1.29, 1.82) is 0 Å². The van der Waals surface area contributed by atoms with Crippen LogP contribution in [0.25, 0.3) is 0 Å². The summed E-state index contributed by atoms with van der Waals surface area (Å²) >= 11 is 0. The second kappa shape index (κ2) is 11.4. The van der Waals surface area contributed by atoms with Gasteiger partial charge in [-0.15, -0.1) is 0 Å². The summed E-state index contributed by atoms with van der Waals surface area (Å²) in [7, 11) is -7.54. The SMILES string of the molecule is CO.Cc1ccc(S(=O)(=O)[O-])cc1.Cc1ccc(S(=O)(=O)[O-])cc1.[Cu+2]. The third kappa shape index (κ3) is 10.4. The maximum Gasteiger partial charge on any atom is 2.00 e. The van der Waals surface area contributed by atoms with Crippen molar-refractivity contribution < 1.29 is 48.1 Å². The van der Waals surface area contributed by atoms with Crippen molar-refractivity contribution in [2.75, 3.05) is 7.11 Å². The van der Waals surface area contributed by atoms with Gasteiger partial charge >= 0.3 is 17.1 Å². The van der Waals surface area contributed by atoms with Gasteiger partial charge in [0.15, 0.2) is 0 Å². The molecule has 0 unspecified atom stereocenters. The largest absolute Gasteiger partial charge is 2.00 e. The summed E-state index contributed by atoms with van der Waals surface area (Å²) in [5.41, 5.74) is 1.86. The Labute approximate surface area is 158 Å². The van der Waals surface area contributed by atoms with Crippen LogP contribution in [0.1, 0.15) is 11.1 Å². The molecule has 2 aromatic carbocycles. The predicted molar refractivity (Wildman–Crippen MR) is 86.4 cm³/mol. The molecule has 0 saturated carbocycles. The number of benzene rings is 2. The second-order valence-corrected chi connectivity index (χ2v) is 7.29. The van der Waals surface area contributed by atoms with Crippen LogP contribution in [-0.2, 0) is 37.3 Å². The van der Waals surface area contributed by atoms with Gasteiger partial charge in [0.2, 0.25) is 0 Å². The van der Waals surface area contributed by atoms with Crippen LogP contribution in [0.15, 0.2) is 58.3 Å². The second-order valence-electron chi connectivity index (χ2n) is 4.53. The molecule has 2 aromatic rings. The molecule has 0 aliphatic heterocycles. The molecular weight excluding hydrogens is 420 g/mol. The molecule has 0 saturated heterocycles. The van der Waals surface area contributed by atoms with Crippen molar-refractivity contribution in [1.82, 2.24) is 0 Å². The van der Waals surface area contributed by atoms with Gasteiger partial charge in [0.05, 0.1) is 9.79 Å². The summed E-state index contributed by atoms with van der Waals surface area (Å²) < 4.78 is 62.3. The number of hydrogen-bond donors (Lipinski definition) is 1. The van der Waals surface area contributed by atoms with E-state index in [1.165, 1.54) is 24.3 Å². The van der Waals surface area contributed by atoms with Crippen LogP contribution in [0.5, 0.6) is 0 Å². The van der Waals surface area contributed by atoms with E-state index in [4.69, 9.17) is 5.11 Å². The number of rotatable bonds is 2. The van der Waals surface area contributed by atoms with Gasteiger partial charge in [-0.2, -0.15) is 0 Å². The van der Waals surface area contributed by atoms with Crippen molar-refractivity contribution in [3.8, 4) is 0 Å². The topological polar surface area (TPSA) is 135 Å². The number of hydrogen-bond acceptors (Lipinski definition) is 7. The Hall–Kier alpha value is -1.26. The normalized spacial score (nSPS) is 10.3. The van der Waals surface area contributed by atoms with Gasteiger partial charge in [-0.1, -0.05) is 35.4 Å². The first-order chi connectivity index (χ1) is 11.0. The minimum Gasteiger partial charge on any atom is -0.744 e. The van der Waals surface area contributed by atoms with Gasteiger partial charge < -0.3 is 14.2 Å². The van der Waals surface area contributed by atoms with E-state index in [9.17, 15) is 25.9 Å². The van der Waals surface area contributed by atoms with Crippen LogP contribution in [0.3, 0.4) is 0 Å². The molecule has 1 N–H and O–H groups in total. The number of aliphatic hydroxyl groups is 1. The molecule has 0 heterocycles. The standard InChI is InChI=1S/2C7H8O3S.CH4O.Cu/c2*1-6-2-4-7(5-3-6)11(8,9)10;1-2;/h2*2-5H,1H3,(H,8,9,10);2H,1H3;/q;;;+2/p-2. The smallest absolute Gasteiger partial charge is 0.744 e. The van der Waals surface area contributed by atoms with E-state index in [1.54, 1.807) is 24.3 Å². The molecule has 7 nitrogen and oxygen atoms in total. The fourth-order valence-corrected chi connectivity index (χ4v) is 2.35. The Kier molecular flexibility index (Phi) is 11.8. The molecule has 0 fully saturated rings. The van der Waals surface area contributed by atoms with Crippen molar-refractivity contribution >= 4 is 20.2 Å². The maximum atomic E-state index is 10.4.